The number of hydrogen-bond acceptors (Lipinski definition) is 4. The van der Waals surface area contributed by atoms with Crippen LogP contribution in [-0.4, -0.2) is 18.5 Å². The predicted molar refractivity (Wildman–Crippen MR) is 92.5 cm³/mol. The molecular formula is C19H21NO4. The first-order valence-corrected chi connectivity index (χ1v) is 7.97. The van der Waals surface area contributed by atoms with Crippen LogP contribution in [0, 0.1) is 0 Å². The smallest absolute Gasteiger partial charge is 0.343 e. The molecule has 0 unspecified atom stereocenters. The van der Waals surface area contributed by atoms with Gasteiger partial charge in [-0.3, -0.25) is 4.79 Å². The number of carbonyl (C=O) groups is 2. The van der Waals surface area contributed by atoms with Gasteiger partial charge in [0.25, 0.3) is 0 Å². The second kappa shape index (κ2) is 8.72. The number of hydrogen-bond donors (Lipinski definition) is 1. The highest BCUT2D eigenvalue weighted by Gasteiger charge is 2.09. The third-order valence-corrected chi connectivity index (χ3v) is 3.21. The third-order valence-electron chi connectivity index (χ3n) is 3.21. The summed E-state index contributed by atoms with van der Waals surface area (Å²) >= 11 is 0. The van der Waals surface area contributed by atoms with Gasteiger partial charge in [-0.25, -0.2) is 4.79 Å². The molecule has 24 heavy (non-hydrogen) atoms. The Morgan fingerprint density at radius 2 is 1.75 bits per heavy atom. The van der Waals surface area contributed by atoms with E-state index in [0.717, 1.165) is 12.2 Å². The fraction of sp³-hybridized carbons (Fsp3) is 0.263. The molecule has 1 amide bonds. The molecule has 0 saturated carbocycles. The SMILES string of the molecule is CCCOc1ccc(C(=O)Oc2cccc(NC(=O)CC)c2)cc1. The second-order valence-electron chi connectivity index (χ2n) is 5.19. The first-order valence-electron chi connectivity index (χ1n) is 7.97. The van der Waals surface area contributed by atoms with Crippen molar-refractivity contribution in [1.82, 2.24) is 0 Å². The Morgan fingerprint density at radius 1 is 1.00 bits per heavy atom. The highest BCUT2D eigenvalue weighted by molar-refractivity contribution is 5.92. The topological polar surface area (TPSA) is 64.6 Å². The van der Waals surface area contributed by atoms with Gasteiger partial charge in [-0.2, -0.15) is 0 Å². The maximum absolute atomic E-state index is 12.2. The van der Waals surface area contributed by atoms with Gasteiger partial charge in [0.2, 0.25) is 5.91 Å². The molecule has 126 valence electrons. The normalized spacial score (nSPS) is 10.1. The molecular weight excluding hydrogens is 306 g/mol. The summed E-state index contributed by atoms with van der Waals surface area (Å²) < 4.78 is 10.8. The van der Waals surface area contributed by atoms with Gasteiger partial charge in [-0.15, -0.1) is 0 Å². The molecule has 0 bridgehead atoms. The maximum atomic E-state index is 12.2. The number of rotatable bonds is 7. The number of amides is 1. The van der Waals surface area contributed by atoms with Crippen LogP contribution in [-0.2, 0) is 4.79 Å². The lowest BCUT2D eigenvalue weighted by Gasteiger charge is -2.08. The first kappa shape index (κ1) is 17.5. The Bertz CT molecular complexity index is 695. The molecule has 5 nitrogen and oxygen atoms in total. The van der Waals surface area contributed by atoms with Gasteiger partial charge in [-0.05, 0) is 42.8 Å². The van der Waals surface area contributed by atoms with Crippen LogP contribution in [0.5, 0.6) is 11.5 Å². The van der Waals surface area contributed by atoms with Crippen molar-refractivity contribution in [3.8, 4) is 11.5 Å². The van der Waals surface area contributed by atoms with Crippen molar-refractivity contribution in [2.75, 3.05) is 11.9 Å². The van der Waals surface area contributed by atoms with Gasteiger partial charge in [0.15, 0.2) is 0 Å². The van der Waals surface area contributed by atoms with E-state index in [1.807, 2.05) is 6.92 Å². The van der Waals surface area contributed by atoms with Crippen molar-refractivity contribution in [1.29, 1.82) is 0 Å². The van der Waals surface area contributed by atoms with E-state index in [2.05, 4.69) is 5.32 Å². The van der Waals surface area contributed by atoms with E-state index in [9.17, 15) is 9.59 Å². The van der Waals surface area contributed by atoms with Crippen molar-refractivity contribution in [3.63, 3.8) is 0 Å². The Balaban J connectivity index is 2.01. The molecule has 0 atom stereocenters. The molecule has 0 aliphatic heterocycles. The average molecular weight is 327 g/mol. The molecule has 1 N–H and O–H groups in total. The van der Waals surface area contributed by atoms with E-state index in [4.69, 9.17) is 9.47 Å². The Kier molecular flexibility index (Phi) is 6.37. The minimum Gasteiger partial charge on any atom is -0.494 e. The standard InChI is InChI=1S/C19H21NO4/c1-3-12-23-16-10-8-14(9-11-16)19(22)24-17-7-5-6-15(13-17)20-18(21)4-2/h5-11,13H,3-4,12H2,1-2H3,(H,20,21). The van der Waals surface area contributed by atoms with E-state index in [-0.39, 0.29) is 5.91 Å². The van der Waals surface area contributed by atoms with Gasteiger partial charge < -0.3 is 14.8 Å². The number of carbonyl (C=O) groups excluding carboxylic acids is 2. The van der Waals surface area contributed by atoms with Crippen molar-refractivity contribution in [2.24, 2.45) is 0 Å². The summed E-state index contributed by atoms with van der Waals surface area (Å²) in [7, 11) is 0. The van der Waals surface area contributed by atoms with Crippen LogP contribution in [0.1, 0.15) is 37.0 Å². The molecule has 0 heterocycles. The molecule has 0 saturated heterocycles. The molecule has 2 aromatic rings. The summed E-state index contributed by atoms with van der Waals surface area (Å²) in [5, 5.41) is 2.73. The Hall–Kier alpha value is -2.82. The predicted octanol–water partition coefficient (Wildman–Crippen LogP) is 4.04. The van der Waals surface area contributed by atoms with E-state index in [0.29, 0.717) is 30.0 Å². The lowest BCUT2D eigenvalue weighted by molar-refractivity contribution is -0.115. The number of ether oxygens (including phenoxy) is 2. The summed E-state index contributed by atoms with van der Waals surface area (Å²) in [6.45, 7) is 4.44. The molecule has 2 aromatic carbocycles. The van der Waals surface area contributed by atoms with Crippen LogP contribution in [0.4, 0.5) is 5.69 Å². The Morgan fingerprint density at radius 3 is 2.42 bits per heavy atom. The summed E-state index contributed by atoms with van der Waals surface area (Å²) in [6, 6.07) is 13.5. The zero-order valence-electron chi connectivity index (χ0n) is 13.9. The number of benzene rings is 2. The van der Waals surface area contributed by atoms with Gasteiger partial charge in [0.05, 0.1) is 12.2 Å². The van der Waals surface area contributed by atoms with Crippen LogP contribution in [0.15, 0.2) is 48.5 Å². The largest absolute Gasteiger partial charge is 0.494 e. The van der Waals surface area contributed by atoms with Crippen LogP contribution < -0.4 is 14.8 Å². The molecule has 5 heteroatoms. The number of nitrogens with one attached hydrogen (secondary N) is 1. The molecule has 0 spiro atoms. The van der Waals surface area contributed by atoms with Crippen LogP contribution >= 0.6 is 0 Å². The van der Waals surface area contributed by atoms with Gasteiger partial charge in [-0.1, -0.05) is 19.9 Å². The maximum Gasteiger partial charge on any atom is 0.343 e. The van der Waals surface area contributed by atoms with Crippen molar-refractivity contribution < 1.29 is 19.1 Å². The second-order valence-corrected chi connectivity index (χ2v) is 5.19. The highest BCUT2D eigenvalue weighted by Crippen LogP contribution is 2.20. The highest BCUT2D eigenvalue weighted by atomic mass is 16.5. The molecule has 0 radical (unpaired) electrons. The average Bonchev–Trinajstić information content (AvgIpc) is 2.60. The van der Waals surface area contributed by atoms with Crippen LogP contribution in [0.2, 0.25) is 0 Å². The van der Waals surface area contributed by atoms with Crippen molar-refractivity contribution in [2.45, 2.75) is 26.7 Å². The summed E-state index contributed by atoms with van der Waals surface area (Å²) in [4.78, 5) is 23.6. The first-order chi connectivity index (χ1) is 11.6. The van der Waals surface area contributed by atoms with Crippen molar-refractivity contribution >= 4 is 17.6 Å². The lowest BCUT2D eigenvalue weighted by Crippen LogP contribution is -2.11. The van der Waals surface area contributed by atoms with Crippen LogP contribution in [0.25, 0.3) is 0 Å². The Labute approximate surface area is 141 Å². The van der Waals surface area contributed by atoms with Gasteiger partial charge in [0.1, 0.15) is 11.5 Å². The molecule has 0 aliphatic carbocycles. The van der Waals surface area contributed by atoms with Crippen molar-refractivity contribution in [3.05, 3.63) is 54.1 Å². The lowest BCUT2D eigenvalue weighted by atomic mass is 10.2. The minimum absolute atomic E-state index is 0.0962. The molecule has 0 aromatic heterocycles. The quantitative estimate of drug-likeness (QED) is 0.615. The van der Waals surface area contributed by atoms with Gasteiger partial charge in [0, 0.05) is 18.2 Å². The zero-order valence-corrected chi connectivity index (χ0v) is 13.9. The summed E-state index contributed by atoms with van der Waals surface area (Å²) in [6.07, 6.45) is 1.31. The summed E-state index contributed by atoms with van der Waals surface area (Å²) in [5.41, 5.74) is 1.03. The van der Waals surface area contributed by atoms with Gasteiger partial charge >= 0.3 is 5.97 Å². The monoisotopic (exact) mass is 327 g/mol. The van der Waals surface area contributed by atoms with E-state index in [1.54, 1.807) is 55.5 Å². The summed E-state index contributed by atoms with van der Waals surface area (Å²) in [5.74, 6) is 0.537. The zero-order chi connectivity index (χ0) is 17.4. The number of anilines is 1. The fourth-order valence-electron chi connectivity index (χ4n) is 1.96. The van der Waals surface area contributed by atoms with E-state index < -0.39 is 5.97 Å². The molecule has 0 aliphatic rings. The van der Waals surface area contributed by atoms with Crippen LogP contribution in [0.3, 0.4) is 0 Å². The molecule has 2 rings (SSSR count). The number of esters is 1. The van der Waals surface area contributed by atoms with E-state index >= 15 is 0 Å². The molecule has 0 fully saturated rings. The van der Waals surface area contributed by atoms with E-state index in [1.165, 1.54) is 0 Å². The fourth-order valence-corrected chi connectivity index (χ4v) is 1.96. The third kappa shape index (κ3) is 5.12. The minimum atomic E-state index is -0.462.